The molecule has 2 heterocycles. The maximum atomic E-state index is 13.0. The third-order valence-electron chi connectivity index (χ3n) is 5.08. The Hall–Kier alpha value is -1.95. The fourth-order valence-electron chi connectivity index (χ4n) is 3.49. The zero-order valence-corrected chi connectivity index (χ0v) is 14.1. The van der Waals surface area contributed by atoms with Gasteiger partial charge in [-0.1, -0.05) is 0 Å². The molecule has 2 amide bonds. The number of ether oxygens (including phenoxy) is 1. The predicted molar refractivity (Wildman–Crippen MR) is 87.1 cm³/mol. The summed E-state index contributed by atoms with van der Waals surface area (Å²) in [6.45, 7) is 3.62. The summed E-state index contributed by atoms with van der Waals surface area (Å²) in [5, 5.41) is 0. The monoisotopic (exact) mass is 334 g/mol. The highest BCUT2D eigenvalue weighted by Gasteiger charge is 2.43. The van der Waals surface area contributed by atoms with Crippen molar-refractivity contribution in [2.24, 2.45) is 0 Å². The van der Waals surface area contributed by atoms with Gasteiger partial charge in [0.1, 0.15) is 11.4 Å². The van der Waals surface area contributed by atoms with Crippen molar-refractivity contribution in [2.75, 3.05) is 26.7 Å². The topological polar surface area (TPSA) is 49.9 Å². The van der Waals surface area contributed by atoms with Crippen LogP contribution in [0, 0.1) is 5.82 Å². The molecule has 0 aromatic heterocycles. The average molecular weight is 334 g/mol. The molecule has 2 fully saturated rings. The number of likely N-dealkylation sites (N-methyl/N-ethyl adjacent to an activating group) is 1. The van der Waals surface area contributed by atoms with Crippen LogP contribution < -0.4 is 0 Å². The van der Waals surface area contributed by atoms with Crippen LogP contribution in [0.2, 0.25) is 0 Å². The van der Waals surface area contributed by atoms with Gasteiger partial charge in [-0.05, 0) is 50.5 Å². The zero-order chi connectivity index (χ0) is 17.3. The number of halogens is 1. The summed E-state index contributed by atoms with van der Waals surface area (Å²) in [4.78, 5) is 28.6. The van der Waals surface area contributed by atoms with E-state index >= 15 is 0 Å². The molecule has 0 saturated carbocycles. The van der Waals surface area contributed by atoms with Crippen molar-refractivity contribution < 1.29 is 18.7 Å². The van der Waals surface area contributed by atoms with E-state index in [0.29, 0.717) is 25.3 Å². The Morgan fingerprint density at radius 2 is 2.04 bits per heavy atom. The molecule has 0 spiro atoms. The van der Waals surface area contributed by atoms with Crippen LogP contribution in [0.4, 0.5) is 4.39 Å². The molecule has 0 N–H and O–H groups in total. The number of hydrogen-bond acceptors (Lipinski definition) is 3. The number of carbonyl (C=O) groups excluding carboxylic acids is 2. The molecule has 1 aromatic carbocycles. The van der Waals surface area contributed by atoms with E-state index in [1.54, 1.807) is 16.8 Å². The predicted octanol–water partition coefficient (Wildman–Crippen LogP) is 2.07. The van der Waals surface area contributed by atoms with E-state index < -0.39 is 5.60 Å². The van der Waals surface area contributed by atoms with Gasteiger partial charge in [0.05, 0.1) is 6.04 Å². The molecule has 0 bridgehead atoms. The third kappa shape index (κ3) is 3.15. The first-order chi connectivity index (χ1) is 11.4. The quantitative estimate of drug-likeness (QED) is 0.850. The number of benzene rings is 1. The van der Waals surface area contributed by atoms with E-state index in [2.05, 4.69) is 0 Å². The van der Waals surface area contributed by atoms with E-state index in [9.17, 15) is 14.0 Å². The van der Waals surface area contributed by atoms with Crippen LogP contribution in [-0.2, 0) is 9.53 Å². The number of carbonyl (C=O) groups is 2. The first-order valence-electron chi connectivity index (χ1n) is 8.37. The highest BCUT2D eigenvalue weighted by atomic mass is 19.1. The number of nitrogens with zero attached hydrogens (tertiary/aromatic N) is 2. The smallest absolute Gasteiger partial charge is 0.254 e. The Morgan fingerprint density at radius 1 is 1.33 bits per heavy atom. The molecule has 2 aliphatic rings. The molecule has 0 radical (unpaired) electrons. The molecular weight excluding hydrogens is 311 g/mol. The first kappa shape index (κ1) is 16.9. The molecule has 1 aromatic rings. The number of hydrogen-bond donors (Lipinski definition) is 0. The Balaban J connectivity index is 1.63. The molecule has 2 aliphatic heterocycles. The molecule has 2 unspecified atom stereocenters. The van der Waals surface area contributed by atoms with Crippen molar-refractivity contribution in [3.8, 4) is 0 Å². The lowest BCUT2D eigenvalue weighted by Crippen LogP contribution is -2.47. The van der Waals surface area contributed by atoms with Crippen LogP contribution in [0.25, 0.3) is 0 Å². The Labute approximate surface area is 141 Å². The highest BCUT2D eigenvalue weighted by Crippen LogP contribution is 2.29. The minimum atomic E-state index is -0.714. The van der Waals surface area contributed by atoms with E-state index in [-0.39, 0.29) is 23.7 Å². The molecule has 0 aliphatic carbocycles. The molecule has 2 atom stereocenters. The highest BCUT2D eigenvalue weighted by molar-refractivity contribution is 5.94. The average Bonchev–Trinajstić information content (AvgIpc) is 3.23. The lowest BCUT2D eigenvalue weighted by molar-refractivity contribution is -0.150. The van der Waals surface area contributed by atoms with Crippen LogP contribution >= 0.6 is 0 Å². The molecule has 24 heavy (non-hydrogen) atoms. The molecular formula is C18H23FN2O3. The third-order valence-corrected chi connectivity index (χ3v) is 5.08. The van der Waals surface area contributed by atoms with E-state index in [1.807, 2.05) is 6.92 Å². The lowest BCUT2D eigenvalue weighted by Gasteiger charge is -2.29. The summed E-state index contributed by atoms with van der Waals surface area (Å²) in [7, 11) is 1.73. The second kappa shape index (κ2) is 6.51. The van der Waals surface area contributed by atoms with E-state index in [0.717, 1.165) is 19.3 Å². The summed E-state index contributed by atoms with van der Waals surface area (Å²) >= 11 is 0. The van der Waals surface area contributed by atoms with Crippen molar-refractivity contribution in [3.63, 3.8) is 0 Å². The van der Waals surface area contributed by atoms with E-state index in [4.69, 9.17) is 4.74 Å². The Bertz CT molecular complexity index is 626. The van der Waals surface area contributed by atoms with Crippen molar-refractivity contribution in [2.45, 2.75) is 37.8 Å². The molecule has 130 valence electrons. The zero-order valence-electron chi connectivity index (χ0n) is 14.1. The van der Waals surface area contributed by atoms with Gasteiger partial charge < -0.3 is 14.5 Å². The van der Waals surface area contributed by atoms with Crippen LogP contribution in [0.5, 0.6) is 0 Å². The fraction of sp³-hybridized carbons (Fsp3) is 0.556. The summed E-state index contributed by atoms with van der Waals surface area (Å²) < 4.78 is 18.6. The minimum Gasteiger partial charge on any atom is -0.365 e. The summed E-state index contributed by atoms with van der Waals surface area (Å²) in [6, 6.07) is 5.50. The Morgan fingerprint density at radius 3 is 2.67 bits per heavy atom. The normalized spacial score (nSPS) is 26.6. The molecule has 3 rings (SSSR count). The maximum Gasteiger partial charge on any atom is 0.254 e. The standard InChI is InChI=1S/C18H23FN2O3/c1-18(9-3-11-24-18)17(23)21-10-8-15(12-21)20(2)16(22)13-4-6-14(19)7-5-13/h4-7,15H,3,8-12H2,1-2H3. The van der Waals surface area contributed by atoms with Crippen molar-refractivity contribution in [1.29, 1.82) is 0 Å². The van der Waals surface area contributed by atoms with Gasteiger partial charge in [0, 0.05) is 32.3 Å². The fourth-order valence-corrected chi connectivity index (χ4v) is 3.49. The summed E-state index contributed by atoms with van der Waals surface area (Å²) in [6.07, 6.45) is 2.39. The van der Waals surface area contributed by atoms with Crippen LogP contribution in [0.1, 0.15) is 36.5 Å². The molecule has 2 saturated heterocycles. The number of likely N-dealkylation sites (tertiary alicyclic amines) is 1. The largest absolute Gasteiger partial charge is 0.365 e. The van der Waals surface area contributed by atoms with Crippen molar-refractivity contribution >= 4 is 11.8 Å². The van der Waals surface area contributed by atoms with Gasteiger partial charge in [-0.25, -0.2) is 4.39 Å². The van der Waals surface area contributed by atoms with Gasteiger partial charge in [-0.3, -0.25) is 9.59 Å². The second-order valence-electron chi connectivity index (χ2n) is 6.80. The van der Waals surface area contributed by atoms with E-state index in [1.165, 1.54) is 24.3 Å². The first-order valence-corrected chi connectivity index (χ1v) is 8.37. The second-order valence-corrected chi connectivity index (χ2v) is 6.80. The van der Waals surface area contributed by atoms with Crippen LogP contribution in [0.3, 0.4) is 0 Å². The van der Waals surface area contributed by atoms with Gasteiger partial charge in [-0.2, -0.15) is 0 Å². The van der Waals surface area contributed by atoms with Gasteiger partial charge >= 0.3 is 0 Å². The molecule has 6 heteroatoms. The summed E-state index contributed by atoms with van der Waals surface area (Å²) in [5.74, 6) is -0.501. The molecule has 5 nitrogen and oxygen atoms in total. The van der Waals surface area contributed by atoms with Gasteiger partial charge in [0.25, 0.3) is 11.8 Å². The van der Waals surface area contributed by atoms with Gasteiger partial charge in [0.2, 0.25) is 0 Å². The van der Waals surface area contributed by atoms with Crippen molar-refractivity contribution in [3.05, 3.63) is 35.6 Å². The lowest BCUT2D eigenvalue weighted by atomic mass is 10.0. The van der Waals surface area contributed by atoms with Crippen molar-refractivity contribution in [1.82, 2.24) is 9.80 Å². The SMILES string of the molecule is CN(C(=O)c1ccc(F)cc1)C1CCN(C(=O)C2(C)CCCO2)C1. The van der Waals surface area contributed by atoms with Crippen LogP contribution in [0.15, 0.2) is 24.3 Å². The number of rotatable bonds is 3. The minimum absolute atomic E-state index is 0.0186. The van der Waals surface area contributed by atoms with Gasteiger partial charge in [-0.15, -0.1) is 0 Å². The number of amides is 2. The maximum absolute atomic E-state index is 13.0. The van der Waals surface area contributed by atoms with Crippen LogP contribution in [-0.4, -0.2) is 60.0 Å². The Kier molecular flexibility index (Phi) is 4.58. The summed E-state index contributed by atoms with van der Waals surface area (Å²) in [5.41, 5.74) is -0.260. The van der Waals surface area contributed by atoms with Gasteiger partial charge in [0.15, 0.2) is 0 Å².